The van der Waals surface area contributed by atoms with E-state index in [2.05, 4.69) is 28.8 Å². The van der Waals surface area contributed by atoms with Crippen LogP contribution < -0.4 is 0 Å². The van der Waals surface area contributed by atoms with E-state index in [1.54, 1.807) is 23.7 Å². The van der Waals surface area contributed by atoms with Crippen molar-refractivity contribution in [2.24, 2.45) is 0 Å². The van der Waals surface area contributed by atoms with Crippen LogP contribution in [0.15, 0.2) is 29.6 Å². The molecule has 0 atom stereocenters. The molecule has 3 rings (SSSR count). The Hall–Kier alpha value is -1.99. The molecule has 0 amide bonds. The topological polar surface area (TPSA) is 65.0 Å². The van der Waals surface area contributed by atoms with Crippen LogP contribution in [0.2, 0.25) is 0 Å². The number of pyridine rings is 1. The predicted octanol–water partition coefficient (Wildman–Crippen LogP) is 3.64. The van der Waals surface area contributed by atoms with E-state index < -0.39 is 0 Å². The summed E-state index contributed by atoms with van der Waals surface area (Å²) in [6, 6.07) is 3.78. The Morgan fingerprint density at radius 3 is 2.87 bits per heavy atom. The van der Waals surface area contributed by atoms with Gasteiger partial charge in [0, 0.05) is 28.2 Å². The molecule has 0 fully saturated rings. The van der Waals surface area contributed by atoms with Crippen LogP contribution in [0, 0.1) is 13.8 Å². The number of fused-ring (bicyclic) bond motifs is 1. The molecule has 0 aliphatic carbocycles. The minimum Gasteiger partial charge on any atom is -0.468 e. The molecule has 5 nitrogen and oxygen atoms in total. The first-order valence-corrected chi connectivity index (χ1v) is 8.78. The van der Waals surface area contributed by atoms with Gasteiger partial charge in [0.2, 0.25) is 0 Å². The number of methoxy groups -OCH3 is 1. The highest BCUT2D eigenvalue weighted by molar-refractivity contribution is 8.00. The first-order valence-electron chi connectivity index (χ1n) is 6.98. The maximum atomic E-state index is 11.5. The third kappa shape index (κ3) is 3.20. The quantitative estimate of drug-likeness (QED) is 0.409. The summed E-state index contributed by atoms with van der Waals surface area (Å²) in [5, 5.41) is 1.83. The molecule has 3 aromatic heterocycles. The van der Waals surface area contributed by atoms with Gasteiger partial charge in [0.05, 0.1) is 12.9 Å². The number of hydrogen-bond donors (Lipinski definition) is 0. The summed E-state index contributed by atoms with van der Waals surface area (Å²) in [7, 11) is 1.39. The average molecular weight is 345 g/mol. The zero-order valence-corrected chi connectivity index (χ0v) is 14.6. The van der Waals surface area contributed by atoms with Crippen molar-refractivity contribution in [2.75, 3.05) is 12.9 Å². The van der Waals surface area contributed by atoms with E-state index >= 15 is 0 Å². The highest BCUT2D eigenvalue weighted by Crippen LogP contribution is 2.36. The molecule has 3 heterocycles. The first kappa shape index (κ1) is 15.9. The number of rotatable bonds is 4. The zero-order chi connectivity index (χ0) is 16.4. The molecule has 0 N–H and O–H groups in total. The Morgan fingerprint density at radius 1 is 1.35 bits per heavy atom. The number of nitrogens with zero attached hydrogens (tertiary/aromatic N) is 3. The lowest BCUT2D eigenvalue weighted by Gasteiger charge is -2.06. The fourth-order valence-electron chi connectivity index (χ4n) is 2.13. The Morgan fingerprint density at radius 2 is 2.17 bits per heavy atom. The minimum atomic E-state index is -0.269. The lowest BCUT2D eigenvalue weighted by atomic mass is 10.2. The lowest BCUT2D eigenvalue weighted by molar-refractivity contribution is -0.137. The smallest absolute Gasteiger partial charge is 0.316 e. The number of carbonyl (C=O) groups is 1. The summed E-state index contributed by atoms with van der Waals surface area (Å²) < 4.78 is 4.72. The Kier molecular flexibility index (Phi) is 4.58. The van der Waals surface area contributed by atoms with Gasteiger partial charge in [-0.05, 0) is 31.5 Å². The number of aryl methyl sites for hydroxylation is 2. The van der Waals surface area contributed by atoms with Crippen molar-refractivity contribution in [1.29, 1.82) is 0 Å². The maximum Gasteiger partial charge on any atom is 0.316 e. The van der Waals surface area contributed by atoms with E-state index in [0.29, 0.717) is 5.82 Å². The number of esters is 1. The molecule has 0 saturated heterocycles. The van der Waals surface area contributed by atoms with Gasteiger partial charge in [0.15, 0.2) is 5.82 Å². The van der Waals surface area contributed by atoms with E-state index in [4.69, 9.17) is 4.74 Å². The van der Waals surface area contributed by atoms with Gasteiger partial charge in [-0.15, -0.1) is 11.3 Å². The number of thioether (sulfide) groups is 1. The second-order valence-corrected chi connectivity index (χ2v) is 7.09. The molecule has 23 heavy (non-hydrogen) atoms. The number of ether oxygens (including phenoxy) is 1. The second-order valence-electron chi connectivity index (χ2n) is 4.92. The van der Waals surface area contributed by atoms with Gasteiger partial charge in [-0.25, -0.2) is 9.97 Å². The molecule has 0 bridgehead atoms. The summed E-state index contributed by atoms with van der Waals surface area (Å²) in [5.41, 5.74) is 2.02. The van der Waals surface area contributed by atoms with Crippen LogP contribution >= 0.6 is 23.1 Å². The average Bonchev–Trinajstić information content (AvgIpc) is 2.87. The molecule has 0 aliphatic heterocycles. The van der Waals surface area contributed by atoms with E-state index in [1.807, 2.05) is 12.1 Å². The molecular formula is C16H15N3O2S2. The van der Waals surface area contributed by atoms with Crippen LogP contribution in [0.1, 0.15) is 10.4 Å². The molecule has 3 aromatic rings. The van der Waals surface area contributed by atoms with E-state index in [0.717, 1.165) is 26.4 Å². The molecule has 0 saturated carbocycles. The molecule has 0 radical (unpaired) electrons. The van der Waals surface area contributed by atoms with E-state index in [1.165, 1.54) is 23.7 Å². The summed E-state index contributed by atoms with van der Waals surface area (Å²) in [6.07, 6.45) is 3.46. The molecule has 7 heteroatoms. The molecule has 0 aliphatic rings. The van der Waals surface area contributed by atoms with Gasteiger partial charge < -0.3 is 4.74 Å². The molecule has 0 unspecified atom stereocenters. The van der Waals surface area contributed by atoms with Crippen molar-refractivity contribution in [3.63, 3.8) is 0 Å². The molecule has 0 spiro atoms. The van der Waals surface area contributed by atoms with Crippen LogP contribution in [0.3, 0.4) is 0 Å². The van der Waals surface area contributed by atoms with Gasteiger partial charge in [0.1, 0.15) is 9.86 Å². The van der Waals surface area contributed by atoms with Crippen molar-refractivity contribution < 1.29 is 9.53 Å². The van der Waals surface area contributed by atoms with Crippen LogP contribution in [0.25, 0.3) is 21.6 Å². The summed E-state index contributed by atoms with van der Waals surface area (Å²) in [6.45, 7) is 4.13. The SMILES string of the molecule is COC(=O)CSc1nc(-c2cccnc2)nc2sc(C)c(C)c12. The van der Waals surface area contributed by atoms with Crippen molar-refractivity contribution in [1.82, 2.24) is 15.0 Å². The minimum absolute atomic E-state index is 0.226. The number of aromatic nitrogens is 3. The third-order valence-electron chi connectivity index (χ3n) is 3.47. The maximum absolute atomic E-state index is 11.5. The highest BCUT2D eigenvalue weighted by atomic mass is 32.2. The van der Waals surface area contributed by atoms with E-state index in [-0.39, 0.29) is 11.7 Å². The first-order chi connectivity index (χ1) is 11.1. The van der Waals surface area contributed by atoms with Crippen LogP contribution in [-0.4, -0.2) is 33.8 Å². The van der Waals surface area contributed by atoms with Gasteiger partial charge in [0.25, 0.3) is 0 Å². The van der Waals surface area contributed by atoms with Crippen molar-refractivity contribution in [3.05, 3.63) is 35.0 Å². The molecule has 0 aromatic carbocycles. The lowest BCUT2D eigenvalue weighted by Crippen LogP contribution is -2.04. The zero-order valence-electron chi connectivity index (χ0n) is 13.0. The Balaban J connectivity index is 2.12. The van der Waals surface area contributed by atoms with Crippen LogP contribution in [-0.2, 0) is 9.53 Å². The van der Waals surface area contributed by atoms with Gasteiger partial charge in [-0.2, -0.15) is 0 Å². The molecular weight excluding hydrogens is 330 g/mol. The summed E-state index contributed by atoms with van der Waals surface area (Å²) >= 11 is 3.02. The van der Waals surface area contributed by atoms with E-state index in [9.17, 15) is 4.79 Å². The normalized spacial score (nSPS) is 10.9. The second kappa shape index (κ2) is 6.64. The van der Waals surface area contributed by atoms with Crippen molar-refractivity contribution >= 4 is 39.3 Å². The predicted molar refractivity (Wildman–Crippen MR) is 92.9 cm³/mol. The standard InChI is InChI=1S/C16H15N3O2S2/c1-9-10(2)23-16-13(9)15(22-8-12(20)21-3)18-14(19-16)11-5-4-6-17-7-11/h4-7H,8H2,1-3H3. The number of hydrogen-bond acceptors (Lipinski definition) is 7. The fraction of sp³-hybridized carbons (Fsp3) is 0.250. The summed E-state index contributed by atoms with van der Waals surface area (Å²) in [5.74, 6) is 0.581. The largest absolute Gasteiger partial charge is 0.468 e. The summed E-state index contributed by atoms with van der Waals surface area (Å²) in [4.78, 5) is 27.1. The third-order valence-corrected chi connectivity index (χ3v) is 5.52. The van der Waals surface area contributed by atoms with Gasteiger partial charge in [-0.3, -0.25) is 9.78 Å². The van der Waals surface area contributed by atoms with Gasteiger partial charge in [-0.1, -0.05) is 11.8 Å². The number of thiophene rings is 1. The molecule has 118 valence electrons. The monoisotopic (exact) mass is 345 g/mol. The fourth-order valence-corrected chi connectivity index (χ4v) is 4.14. The Labute approximate surface area is 142 Å². The Bertz CT molecular complexity index is 863. The van der Waals surface area contributed by atoms with Crippen LogP contribution in [0.5, 0.6) is 0 Å². The number of carbonyl (C=O) groups excluding carboxylic acids is 1. The van der Waals surface area contributed by atoms with Crippen LogP contribution in [0.4, 0.5) is 0 Å². The van der Waals surface area contributed by atoms with Crippen molar-refractivity contribution in [2.45, 2.75) is 18.9 Å². The van der Waals surface area contributed by atoms with Gasteiger partial charge >= 0.3 is 5.97 Å². The highest BCUT2D eigenvalue weighted by Gasteiger charge is 2.17. The van der Waals surface area contributed by atoms with Crippen molar-refractivity contribution in [3.8, 4) is 11.4 Å².